The van der Waals surface area contributed by atoms with Crippen molar-refractivity contribution in [1.29, 1.82) is 0 Å². The normalized spacial score (nSPS) is 12.0. The van der Waals surface area contributed by atoms with Crippen LogP contribution in [0.1, 0.15) is 97.0 Å². The fourth-order valence-corrected chi connectivity index (χ4v) is 3.61. The Balaban J connectivity index is 1.73. The number of rotatable bonds is 15. The summed E-state index contributed by atoms with van der Waals surface area (Å²) in [6, 6.07) is 8.49. The van der Waals surface area contributed by atoms with Gasteiger partial charge in [-0.05, 0) is 30.7 Å². The molecule has 0 N–H and O–H groups in total. The van der Waals surface area contributed by atoms with E-state index in [9.17, 15) is 4.79 Å². The van der Waals surface area contributed by atoms with Gasteiger partial charge in [0.15, 0.2) is 11.6 Å². The van der Waals surface area contributed by atoms with Crippen LogP contribution in [0.4, 0.5) is 0 Å². The lowest BCUT2D eigenvalue weighted by Gasteiger charge is -2.08. The molecule has 0 fully saturated rings. The van der Waals surface area contributed by atoms with Gasteiger partial charge in [0.2, 0.25) is 0 Å². The second kappa shape index (κ2) is 14.7. The summed E-state index contributed by atoms with van der Waals surface area (Å²) in [5, 5.41) is 0. The van der Waals surface area contributed by atoms with Gasteiger partial charge in [-0.1, -0.05) is 96.4 Å². The number of ether oxygens (including phenoxy) is 1. The molecule has 1 heterocycles. The third-order valence-electron chi connectivity index (χ3n) is 5.92. The van der Waals surface area contributed by atoms with Crippen molar-refractivity contribution in [2.45, 2.75) is 97.8 Å². The Kier molecular flexibility index (Phi) is 11.9. The first-order chi connectivity index (χ1) is 15.1. The minimum Gasteiger partial charge on any atom is -0.423 e. The van der Waals surface area contributed by atoms with Crippen LogP contribution in [0.15, 0.2) is 36.7 Å². The molecule has 4 heteroatoms. The molecule has 2 rings (SSSR count). The molecule has 1 unspecified atom stereocenters. The molecule has 170 valence electrons. The summed E-state index contributed by atoms with van der Waals surface area (Å²) in [6.45, 7) is 6.64. The topological polar surface area (TPSA) is 52.1 Å². The number of benzene rings is 1. The molecule has 4 nitrogen and oxygen atoms in total. The maximum absolute atomic E-state index is 12.0. The Morgan fingerprint density at radius 2 is 1.55 bits per heavy atom. The highest BCUT2D eigenvalue weighted by Crippen LogP contribution is 2.19. The Morgan fingerprint density at radius 1 is 0.903 bits per heavy atom. The van der Waals surface area contributed by atoms with Crippen molar-refractivity contribution in [2.24, 2.45) is 5.92 Å². The van der Waals surface area contributed by atoms with E-state index < -0.39 is 0 Å². The van der Waals surface area contributed by atoms with Crippen LogP contribution < -0.4 is 4.74 Å². The van der Waals surface area contributed by atoms with Gasteiger partial charge in [0, 0.05) is 12.0 Å². The van der Waals surface area contributed by atoms with E-state index in [0.29, 0.717) is 23.9 Å². The van der Waals surface area contributed by atoms with Crippen molar-refractivity contribution in [3.63, 3.8) is 0 Å². The quantitative estimate of drug-likeness (QED) is 0.219. The summed E-state index contributed by atoms with van der Waals surface area (Å²) in [4.78, 5) is 20.7. The average Bonchev–Trinajstić information content (AvgIpc) is 2.79. The molecular formula is C27H40N2O2. The van der Waals surface area contributed by atoms with Crippen LogP contribution in [-0.4, -0.2) is 15.9 Å². The molecule has 0 aliphatic rings. The zero-order valence-corrected chi connectivity index (χ0v) is 19.7. The monoisotopic (exact) mass is 424 g/mol. The molecule has 0 saturated carbocycles. The van der Waals surface area contributed by atoms with Gasteiger partial charge in [0.05, 0.1) is 12.4 Å². The molecule has 31 heavy (non-hydrogen) atoms. The van der Waals surface area contributed by atoms with Crippen molar-refractivity contribution in [1.82, 2.24) is 9.97 Å². The number of aryl methyl sites for hydroxylation is 1. The van der Waals surface area contributed by atoms with Crippen molar-refractivity contribution < 1.29 is 9.53 Å². The van der Waals surface area contributed by atoms with E-state index in [2.05, 4.69) is 55.0 Å². The molecule has 0 aliphatic carbocycles. The van der Waals surface area contributed by atoms with Gasteiger partial charge < -0.3 is 4.74 Å². The van der Waals surface area contributed by atoms with Crippen molar-refractivity contribution >= 4 is 5.97 Å². The van der Waals surface area contributed by atoms with Gasteiger partial charge in [0.1, 0.15) is 0 Å². The van der Waals surface area contributed by atoms with E-state index in [1.807, 2.05) is 0 Å². The zero-order valence-electron chi connectivity index (χ0n) is 19.7. The van der Waals surface area contributed by atoms with Crippen LogP contribution in [0.25, 0.3) is 11.4 Å². The number of unbranched alkanes of at least 4 members (excludes halogenated alkanes) is 6. The van der Waals surface area contributed by atoms with Crippen LogP contribution in [-0.2, 0) is 11.2 Å². The predicted octanol–water partition coefficient (Wildman–Crippen LogP) is 7.56. The standard InChI is InChI=1S/C27H40N2O2/c1-4-6-7-8-9-10-11-14-23-16-18-24(19-17-23)27-28-20-25(21-29-27)31-26(30)15-12-13-22(3)5-2/h16-22H,4-15H2,1-3H3. The van der Waals surface area contributed by atoms with E-state index in [0.717, 1.165) is 31.2 Å². The molecule has 1 atom stereocenters. The Labute approximate surface area is 188 Å². The van der Waals surface area contributed by atoms with Gasteiger partial charge in [0.25, 0.3) is 0 Å². The Bertz CT molecular complexity index is 741. The van der Waals surface area contributed by atoms with E-state index in [1.54, 1.807) is 12.4 Å². The minimum atomic E-state index is -0.214. The molecule has 0 bridgehead atoms. The number of carbonyl (C=O) groups excluding carboxylic acids is 1. The van der Waals surface area contributed by atoms with Gasteiger partial charge in [-0.2, -0.15) is 0 Å². The van der Waals surface area contributed by atoms with Crippen molar-refractivity contribution in [2.75, 3.05) is 0 Å². The lowest BCUT2D eigenvalue weighted by atomic mass is 10.0. The van der Waals surface area contributed by atoms with Gasteiger partial charge in [-0.25, -0.2) is 9.97 Å². The number of carbonyl (C=O) groups is 1. The molecular weight excluding hydrogens is 384 g/mol. The molecule has 2 aromatic rings. The average molecular weight is 425 g/mol. The Hall–Kier alpha value is -2.23. The lowest BCUT2D eigenvalue weighted by Crippen LogP contribution is -2.09. The van der Waals surface area contributed by atoms with Gasteiger partial charge >= 0.3 is 5.97 Å². The highest BCUT2D eigenvalue weighted by atomic mass is 16.5. The summed E-state index contributed by atoms with van der Waals surface area (Å²) in [5.74, 6) is 1.50. The fourth-order valence-electron chi connectivity index (χ4n) is 3.61. The van der Waals surface area contributed by atoms with Crippen LogP contribution in [0.2, 0.25) is 0 Å². The second-order valence-corrected chi connectivity index (χ2v) is 8.69. The molecule has 0 aliphatic heterocycles. The number of nitrogens with zero attached hydrogens (tertiary/aromatic N) is 2. The largest absolute Gasteiger partial charge is 0.423 e. The van der Waals surface area contributed by atoms with Crippen LogP contribution in [0, 0.1) is 5.92 Å². The minimum absolute atomic E-state index is 0.214. The predicted molar refractivity (Wildman–Crippen MR) is 128 cm³/mol. The van der Waals surface area contributed by atoms with Crippen LogP contribution >= 0.6 is 0 Å². The summed E-state index contributed by atoms with van der Waals surface area (Å²) >= 11 is 0. The van der Waals surface area contributed by atoms with E-state index in [-0.39, 0.29) is 5.97 Å². The number of esters is 1. The van der Waals surface area contributed by atoms with E-state index >= 15 is 0 Å². The fraction of sp³-hybridized carbons (Fsp3) is 0.593. The molecule has 1 aromatic heterocycles. The third-order valence-corrected chi connectivity index (χ3v) is 5.92. The summed E-state index contributed by atoms with van der Waals surface area (Å²) in [7, 11) is 0. The smallest absolute Gasteiger partial charge is 0.311 e. The molecule has 0 amide bonds. The number of aromatic nitrogens is 2. The van der Waals surface area contributed by atoms with Gasteiger partial charge in [-0.3, -0.25) is 4.79 Å². The van der Waals surface area contributed by atoms with E-state index in [4.69, 9.17) is 4.74 Å². The molecule has 0 saturated heterocycles. The maximum Gasteiger partial charge on any atom is 0.311 e. The number of hydrogen-bond acceptors (Lipinski definition) is 4. The zero-order chi connectivity index (χ0) is 22.3. The molecule has 1 aromatic carbocycles. The third kappa shape index (κ3) is 10.1. The first-order valence-corrected chi connectivity index (χ1v) is 12.2. The molecule has 0 spiro atoms. The SMILES string of the molecule is CCCCCCCCCc1ccc(-c2ncc(OC(=O)CCCC(C)CC)cn2)cc1. The maximum atomic E-state index is 12.0. The molecule has 0 radical (unpaired) electrons. The van der Waals surface area contributed by atoms with Crippen LogP contribution in [0.3, 0.4) is 0 Å². The summed E-state index contributed by atoms with van der Waals surface area (Å²) in [6.07, 6.45) is 17.1. The Morgan fingerprint density at radius 3 is 2.19 bits per heavy atom. The second-order valence-electron chi connectivity index (χ2n) is 8.69. The summed E-state index contributed by atoms with van der Waals surface area (Å²) < 4.78 is 5.36. The first kappa shape index (κ1) is 25.0. The number of hydrogen-bond donors (Lipinski definition) is 0. The van der Waals surface area contributed by atoms with Gasteiger partial charge in [-0.15, -0.1) is 0 Å². The lowest BCUT2D eigenvalue weighted by molar-refractivity contribution is -0.134. The summed E-state index contributed by atoms with van der Waals surface area (Å²) in [5.41, 5.74) is 2.34. The highest BCUT2D eigenvalue weighted by molar-refractivity contribution is 5.72. The van der Waals surface area contributed by atoms with E-state index in [1.165, 1.54) is 50.5 Å². The van der Waals surface area contributed by atoms with Crippen molar-refractivity contribution in [3.8, 4) is 17.1 Å². The first-order valence-electron chi connectivity index (χ1n) is 12.2. The van der Waals surface area contributed by atoms with Crippen LogP contribution in [0.5, 0.6) is 5.75 Å². The van der Waals surface area contributed by atoms with Crippen molar-refractivity contribution in [3.05, 3.63) is 42.2 Å². The highest BCUT2D eigenvalue weighted by Gasteiger charge is 2.08.